The molecule has 0 aliphatic rings. The van der Waals surface area contributed by atoms with Crippen molar-refractivity contribution in [3.05, 3.63) is 30.3 Å². The van der Waals surface area contributed by atoms with E-state index in [4.69, 9.17) is 5.26 Å². The molecule has 0 unspecified atom stereocenters. The quantitative estimate of drug-likeness (QED) is 0.729. The zero-order valence-corrected chi connectivity index (χ0v) is 10.1. The van der Waals surface area contributed by atoms with Crippen molar-refractivity contribution in [2.24, 2.45) is 0 Å². The molecule has 0 heterocycles. The molecule has 0 aliphatic carbocycles. The highest BCUT2D eigenvalue weighted by molar-refractivity contribution is 5.45. The molecule has 3 nitrogen and oxygen atoms in total. The van der Waals surface area contributed by atoms with Crippen molar-refractivity contribution >= 4 is 5.69 Å². The first-order valence-electron chi connectivity index (χ1n) is 5.55. The summed E-state index contributed by atoms with van der Waals surface area (Å²) in [6.07, 6.45) is 0.572. The maximum atomic E-state index is 8.65. The lowest BCUT2D eigenvalue weighted by atomic mass is 10.2. The highest BCUT2D eigenvalue weighted by Crippen LogP contribution is 2.12. The van der Waals surface area contributed by atoms with Crippen LogP contribution in [0.2, 0.25) is 0 Å². The van der Waals surface area contributed by atoms with Crippen LogP contribution in [0.5, 0.6) is 0 Å². The third-order valence-electron chi connectivity index (χ3n) is 2.43. The molecule has 0 saturated heterocycles. The summed E-state index contributed by atoms with van der Waals surface area (Å²) >= 11 is 0. The molecule has 0 saturated carbocycles. The summed E-state index contributed by atoms with van der Waals surface area (Å²) in [5.74, 6) is 0. The molecule has 0 bridgehead atoms. The van der Waals surface area contributed by atoms with Crippen LogP contribution in [0.4, 0.5) is 5.69 Å². The normalized spacial score (nSPS) is 10.1. The first kappa shape index (κ1) is 12.5. The lowest BCUT2D eigenvalue weighted by Gasteiger charge is -2.25. The van der Waals surface area contributed by atoms with Crippen molar-refractivity contribution in [3.8, 4) is 6.07 Å². The predicted molar refractivity (Wildman–Crippen MR) is 67.4 cm³/mol. The van der Waals surface area contributed by atoms with Crippen molar-refractivity contribution < 1.29 is 0 Å². The topological polar surface area (TPSA) is 30.3 Å². The highest BCUT2D eigenvalue weighted by atomic mass is 15.2. The molecule has 0 amide bonds. The average Bonchev–Trinajstić information content (AvgIpc) is 2.30. The molecule has 0 N–H and O–H groups in total. The first-order chi connectivity index (χ1) is 7.74. The van der Waals surface area contributed by atoms with Gasteiger partial charge < -0.3 is 9.80 Å². The van der Waals surface area contributed by atoms with Crippen molar-refractivity contribution in [1.82, 2.24) is 4.90 Å². The molecule has 0 fully saturated rings. The van der Waals surface area contributed by atoms with E-state index in [-0.39, 0.29) is 0 Å². The van der Waals surface area contributed by atoms with Crippen molar-refractivity contribution in [2.75, 3.05) is 38.6 Å². The Kier molecular flexibility index (Phi) is 5.38. The Hall–Kier alpha value is -1.53. The lowest BCUT2D eigenvalue weighted by Crippen LogP contribution is -2.32. The van der Waals surface area contributed by atoms with Gasteiger partial charge in [0.25, 0.3) is 0 Å². The summed E-state index contributed by atoms with van der Waals surface area (Å²) < 4.78 is 0. The first-order valence-corrected chi connectivity index (χ1v) is 5.55. The molecule has 0 spiro atoms. The molecule has 1 aromatic rings. The van der Waals surface area contributed by atoms with Crippen LogP contribution in [-0.2, 0) is 0 Å². The van der Waals surface area contributed by atoms with E-state index >= 15 is 0 Å². The maximum absolute atomic E-state index is 8.65. The van der Waals surface area contributed by atoms with Crippen LogP contribution >= 0.6 is 0 Å². The second-order valence-corrected chi connectivity index (χ2v) is 4.03. The predicted octanol–water partition coefficient (Wildman–Crippen LogP) is 1.97. The molecule has 86 valence electrons. The van der Waals surface area contributed by atoms with Crippen molar-refractivity contribution in [1.29, 1.82) is 5.26 Å². The van der Waals surface area contributed by atoms with Gasteiger partial charge in [-0.25, -0.2) is 0 Å². The SMILES string of the molecule is CN(C)CCN(CCC#N)c1ccccc1. The number of likely N-dealkylation sites (N-methyl/N-ethyl adjacent to an activating group) is 1. The number of hydrogen-bond acceptors (Lipinski definition) is 3. The van der Waals surface area contributed by atoms with E-state index in [9.17, 15) is 0 Å². The number of benzene rings is 1. The maximum Gasteiger partial charge on any atom is 0.0640 e. The standard InChI is InChI=1S/C13H19N3/c1-15(2)11-12-16(10-6-9-14)13-7-4-3-5-8-13/h3-5,7-8H,6,10-12H2,1-2H3. The van der Waals surface area contributed by atoms with E-state index in [0.29, 0.717) is 6.42 Å². The average molecular weight is 217 g/mol. The van der Waals surface area contributed by atoms with E-state index in [1.54, 1.807) is 0 Å². The minimum atomic E-state index is 0.572. The molecular formula is C13H19N3. The Morgan fingerprint density at radius 1 is 1.06 bits per heavy atom. The third kappa shape index (κ3) is 4.33. The van der Waals surface area contributed by atoms with E-state index < -0.39 is 0 Å². The Morgan fingerprint density at radius 2 is 1.75 bits per heavy atom. The van der Waals surface area contributed by atoms with Gasteiger partial charge in [0, 0.05) is 25.3 Å². The fraction of sp³-hybridized carbons (Fsp3) is 0.462. The Labute approximate surface area is 97.9 Å². The number of nitriles is 1. The van der Waals surface area contributed by atoms with Crippen molar-refractivity contribution in [3.63, 3.8) is 0 Å². The molecule has 0 aliphatic heterocycles. The zero-order chi connectivity index (χ0) is 11.8. The fourth-order valence-electron chi connectivity index (χ4n) is 1.51. The largest absolute Gasteiger partial charge is 0.369 e. The van der Waals surface area contributed by atoms with Gasteiger partial charge in [-0.05, 0) is 26.2 Å². The molecule has 1 aromatic carbocycles. The number of anilines is 1. The summed E-state index contributed by atoms with van der Waals surface area (Å²) in [6.45, 7) is 2.76. The van der Waals surface area contributed by atoms with E-state index in [1.807, 2.05) is 18.2 Å². The monoisotopic (exact) mass is 217 g/mol. The Morgan fingerprint density at radius 3 is 2.31 bits per heavy atom. The summed E-state index contributed by atoms with van der Waals surface area (Å²) in [6, 6.07) is 12.5. The van der Waals surface area contributed by atoms with Crippen LogP contribution < -0.4 is 4.90 Å². The minimum Gasteiger partial charge on any atom is -0.369 e. The molecule has 3 heteroatoms. The van der Waals surface area contributed by atoms with E-state index in [2.05, 4.69) is 42.1 Å². The van der Waals surface area contributed by atoms with Crippen LogP contribution in [0.15, 0.2) is 30.3 Å². The summed E-state index contributed by atoms with van der Waals surface area (Å²) in [7, 11) is 4.13. The fourth-order valence-corrected chi connectivity index (χ4v) is 1.51. The third-order valence-corrected chi connectivity index (χ3v) is 2.43. The molecule has 0 aromatic heterocycles. The van der Waals surface area contributed by atoms with Gasteiger partial charge in [-0.15, -0.1) is 0 Å². The van der Waals surface area contributed by atoms with Gasteiger partial charge >= 0.3 is 0 Å². The molecule has 16 heavy (non-hydrogen) atoms. The van der Waals surface area contributed by atoms with Crippen LogP contribution in [0, 0.1) is 11.3 Å². The minimum absolute atomic E-state index is 0.572. The smallest absolute Gasteiger partial charge is 0.0640 e. The van der Waals surface area contributed by atoms with Gasteiger partial charge in [0.05, 0.1) is 12.5 Å². The van der Waals surface area contributed by atoms with E-state index in [0.717, 1.165) is 19.6 Å². The molecular weight excluding hydrogens is 198 g/mol. The number of nitrogens with zero attached hydrogens (tertiary/aromatic N) is 3. The van der Waals surface area contributed by atoms with Crippen LogP contribution in [0.25, 0.3) is 0 Å². The van der Waals surface area contributed by atoms with Crippen LogP contribution in [0.1, 0.15) is 6.42 Å². The molecule has 0 atom stereocenters. The second-order valence-electron chi connectivity index (χ2n) is 4.03. The summed E-state index contributed by atoms with van der Waals surface area (Å²) in [5.41, 5.74) is 1.19. The summed E-state index contributed by atoms with van der Waals surface area (Å²) in [5, 5.41) is 8.65. The molecule has 0 radical (unpaired) electrons. The van der Waals surface area contributed by atoms with Gasteiger partial charge in [0.1, 0.15) is 0 Å². The number of para-hydroxylation sites is 1. The van der Waals surface area contributed by atoms with E-state index in [1.165, 1.54) is 5.69 Å². The highest BCUT2D eigenvalue weighted by Gasteiger charge is 2.05. The van der Waals surface area contributed by atoms with Gasteiger partial charge in [0.15, 0.2) is 0 Å². The van der Waals surface area contributed by atoms with Crippen molar-refractivity contribution in [2.45, 2.75) is 6.42 Å². The zero-order valence-electron chi connectivity index (χ0n) is 10.1. The number of hydrogen-bond donors (Lipinski definition) is 0. The van der Waals surface area contributed by atoms with Gasteiger partial charge in [-0.3, -0.25) is 0 Å². The number of rotatable bonds is 6. The van der Waals surface area contributed by atoms with Crippen LogP contribution in [0.3, 0.4) is 0 Å². The Bertz CT molecular complexity index is 327. The van der Waals surface area contributed by atoms with Gasteiger partial charge in [-0.1, -0.05) is 18.2 Å². The van der Waals surface area contributed by atoms with Gasteiger partial charge in [0.2, 0.25) is 0 Å². The summed E-state index contributed by atoms with van der Waals surface area (Å²) in [4.78, 5) is 4.41. The van der Waals surface area contributed by atoms with Crippen LogP contribution in [-0.4, -0.2) is 38.6 Å². The van der Waals surface area contributed by atoms with Gasteiger partial charge in [-0.2, -0.15) is 5.26 Å². The molecule has 1 rings (SSSR count). The Balaban J connectivity index is 2.60. The second kappa shape index (κ2) is 6.86. The lowest BCUT2D eigenvalue weighted by molar-refractivity contribution is 0.413.